The van der Waals surface area contributed by atoms with E-state index < -0.39 is 22.0 Å². The fraction of sp³-hybridized carbons (Fsp3) is 0.0455. The average molecular weight is 408 g/mol. The molecule has 0 aliphatic rings. The van der Waals surface area contributed by atoms with Gasteiger partial charge in [0, 0.05) is 6.08 Å². The Balaban J connectivity index is 1.94. The molecule has 29 heavy (non-hydrogen) atoms. The van der Waals surface area contributed by atoms with Gasteiger partial charge in [-0.05, 0) is 34.9 Å². The summed E-state index contributed by atoms with van der Waals surface area (Å²) in [6, 6.07) is 24.3. The van der Waals surface area contributed by atoms with E-state index in [9.17, 15) is 13.2 Å². The summed E-state index contributed by atoms with van der Waals surface area (Å²) in [4.78, 5) is 11.2. The molecule has 0 aliphatic heterocycles. The molecule has 0 heterocycles. The topological polar surface area (TPSA) is 95.5 Å². The average Bonchev–Trinajstić information content (AvgIpc) is 2.77. The Labute approximate surface area is 169 Å². The second-order valence-electron chi connectivity index (χ2n) is 6.26. The Kier molecular flexibility index (Phi) is 6.56. The summed E-state index contributed by atoms with van der Waals surface area (Å²) >= 11 is 0. The number of hydrogen-bond acceptors (Lipinski definition) is 4. The van der Waals surface area contributed by atoms with E-state index in [1.807, 2.05) is 60.7 Å². The molecule has 3 aromatic carbocycles. The van der Waals surface area contributed by atoms with Crippen LogP contribution in [0.15, 0.2) is 95.9 Å². The first kappa shape index (κ1) is 20.5. The van der Waals surface area contributed by atoms with Gasteiger partial charge >= 0.3 is 0 Å². The van der Waals surface area contributed by atoms with E-state index in [2.05, 4.69) is 4.72 Å². The van der Waals surface area contributed by atoms with Gasteiger partial charge in [-0.15, -0.1) is 0 Å². The van der Waals surface area contributed by atoms with Crippen LogP contribution in [0.4, 0.5) is 0 Å². The fourth-order valence-electron chi connectivity index (χ4n) is 2.84. The predicted molar refractivity (Wildman–Crippen MR) is 110 cm³/mol. The molecule has 148 valence electrons. The van der Waals surface area contributed by atoms with Crippen molar-refractivity contribution in [2.24, 2.45) is 0 Å². The second-order valence-corrected chi connectivity index (χ2v) is 7.97. The zero-order chi connectivity index (χ0) is 20.7. The molecule has 7 heteroatoms. The molecular weight excluding hydrogens is 388 g/mol. The van der Waals surface area contributed by atoms with Crippen molar-refractivity contribution in [2.45, 2.75) is 10.9 Å². The van der Waals surface area contributed by atoms with Crippen LogP contribution >= 0.6 is 0 Å². The zero-order valence-corrected chi connectivity index (χ0v) is 16.2. The van der Waals surface area contributed by atoms with Gasteiger partial charge in [-0.1, -0.05) is 72.8 Å². The van der Waals surface area contributed by atoms with Crippen LogP contribution in [0.5, 0.6) is 0 Å². The minimum absolute atomic E-state index is 0.0703. The summed E-state index contributed by atoms with van der Waals surface area (Å²) in [5.41, 5.74) is 3.63. The van der Waals surface area contributed by atoms with Crippen LogP contribution in [0, 0.1) is 0 Å². The largest absolute Gasteiger partial charge is 0.288 e. The molecule has 0 saturated heterocycles. The van der Waals surface area contributed by atoms with E-state index in [0.29, 0.717) is 5.56 Å². The van der Waals surface area contributed by atoms with Gasteiger partial charge in [-0.2, -0.15) is 4.72 Å². The van der Waals surface area contributed by atoms with E-state index in [1.165, 1.54) is 23.7 Å². The number of hydroxylamine groups is 1. The molecule has 1 amide bonds. The second kappa shape index (κ2) is 9.29. The molecule has 0 aliphatic carbocycles. The molecule has 3 aromatic rings. The minimum atomic E-state index is -3.86. The summed E-state index contributed by atoms with van der Waals surface area (Å²) in [5, 5.41) is 8.56. The van der Waals surface area contributed by atoms with Gasteiger partial charge in [0.25, 0.3) is 5.91 Å². The summed E-state index contributed by atoms with van der Waals surface area (Å²) in [5.74, 6) is -0.704. The van der Waals surface area contributed by atoms with Crippen molar-refractivity contribution in [3.05, 3.63) is 108 Å². The fourth-order valence-corrected chi connectivity index (χ4v) is 4.10. The van der Waals surface area contributed by atoms with E-state index in [1.54, 1.807) is 12.1 Å². The van der Waals surface area contributed by atoms with Gasteiger partial charge < -0.3 is 0 Å². The van der Waals surface area contributed by atoms with Crippen molar-refractivity contribution in [1.29, 1.82) is 0 Å². The van der Waals surface area contributed by atoms with Crippen molar-refractivity contribution >= 4 is 22.0 Å². The number of benzene rings is 3. The molecule has 3 rings (SSSR count). The van der Waals surface area contributed by atoms with E-state index in [0.717, 1.165) is 17.2 Å². The lowest BCUT2D eigenvalue weighted by Gasteiger charge is -2.20. The van der Waals surface area contributed by atoms with Crippen molar-refractivity contribution in [3.8, 4) is 0 Å². The molecule has 3 N–H and O–H groups in total. The van der Waals surface area contributed by atoms with Crippen LogP contribution in [-0.2, 0) is 14.8 Å². The Morgan fingerprint density at radius 3 is 2.00 bits per heavy atom. The number of carbonyl (C=O) groups excluding carboxylic acids is 1. The van der Waals surface area contributed by atoms with Crippen LogP contribution in [0.1, 0.15) is 22.7 Å². The summed E-state index contributed by atoms with van der Waals surface area (Å²) in [7, 11) is -3.86. The number of amides is 1. The van der Waals surface area contributed by atoms with Crippen LogP contribution < -0.4 is 10.2 Å². The molecule has 0 atom stereocenters. The Morgan fingerprint density at radius 1 is 0.862 bits per heavy atom. The van der Waals surface area contributed by atoms with Gasteiger partial charge in [0.2, 0.25) is 10.0 Å². The van der Waals surface area contributed by atoms with Gasteiger partial charge in [0.15, 0.2) is 0 Å². The third-order valence-corrected chi connectivity index (χ3v) is 5.67. The molecule has 0 bridgehead atoms. The number of rotatable bonds is 7. The lowest BCUT2D eigenvalue weighted by molar-refractivity contribution is -0.124. The molecular formula is C22H20N2O4S. The molecule has 0 radical (unpaired) electrons. The number of carbonyl (C=O) groups is 1. The van der Waals surface area contributed by atoms with E-state index >= 15 is 0 Å². The standard InChI is InChI=1S/C22H20N2O4S/c25-21(23-26)15-14-17-8-7-13-20(16-17)29(27,28)24-22(18-9-3-1-4-10-18)19-11-5-2-6-12-19/h1-16,22,24,26H,(H,23,25). The van der Waals surface area contributed by atoms with Crippen molar-refractivity contribution in [1.82, 2.24) is 10.2 Å². The summed E-state index contributed by atoms with van der Waals surface area (Å²) in [6.45, 7) is 0. The lowest BCUT2D eigenvalue weighted by Crippen LogP contribution is -2.29. The maximum Gasteiger partial charge on any atom is 0.267 e. The Morgan fingerprint density at radius 2 is 1.45 bits per heavy atom. The van der Waals surface area contributed by atoms with Crippen LogP contribution in [0.25, 0.3) is 6.08 Å². The van der Waals surface area contributed by atoms with Crippen molar-refractivity contribution < 1.29 is 18.4 Å². The summed E-state index contributed by atoms with van der Waals surface area (Å²) in [6.07, 6.45) is 2.52. The van der Waals surface area contributed by atoms with E-state index in [-0.39, 0.29) is 4.90 Å². The van der Waals surface area contributed by atoms with Crippen LogP contribution in [0.2, 0.25) is 0 Å². The Hall–Kier alpha value is -3.26. The zero-order valence-electron chi connectivity index (χ0n) is 15.4. The number of sulfonamides is 1. The SMILES string of the molecule is O=C(C=Cc1cccc(S(=O)(=O)NC(c2ccccc2)c2ccccc2)c1)NO. The molecule has 0 aromatic heterocycles. The third-order valence-electron chi connectivity index (χ3n) is 4.24. The van der Waals surface area contributed by atoms with Gasteiger partial charge in [0.1, 0.15) is 0 Å². The number of hydrogen-bond donors (Lipinski definition) is 3. The van der Waals surface area contributed by atoms with Gasteiger partial charge in [-0.3, -0.25) is 10.0 Å². The monoisotopic (exact) mass is 408 g/mol. The van der Waals surface area contributed by atoms with E-state index in [4.69, 9.17) is 5.21 Å². The summed E-state index contributed by atoms with van der Waals surface area (Å²) < 4.78 is 28.9. The highest BCUT2D eigenvalue weighted by Crippen LogP contribution is 2.25. The maximum atomic E-state index is 13.1. The van der Waals surface area contributed by atoms with Gasteiger partial charge in [0.05, 0.1) is 10.9 Å². The minimum Gasteiger partial charge on any atom is -0.288 e. The lowest BCUT2D eigenvalue weighted by atomic mass is 10.00. The normalized spacial score (nSPS) is 11.7. The highest BCUT2D eigenvalue weighted by molar-refractivity contribution is 7.89. The first-order chi connectivity index (χ1) is 14.0. The molecule has 6 nitrogen and oxygen atoms in total. The predicted octanol–water partition coefficient (Wildman–Crippen LogP) is 3.27. The molecule has 0 unspecified atom stereocenters. The smallest absolute Gasteiger partial charge is 0.267 e. The molecule has 0 fully saturated rings. The first-order valence-corrected chi connectivity index (χ1v) is 10.3. The number of nitrogens with one attached hydrogen (secondary N) is 2. The van der Waals surface area contributed by atoms with Gasteiger partial charge in [-0.25, -0.2) is 13.9 Å². The molecule has 0 spiro atoms. The van der Waals surface area contributed by atoms with Crippen LogP contribution in [0.3, 0.4) is 0 Å². The van der Waals surface area contributed by atoms with Crippen LogP contribution in [-0.4, -0.2) is 19.5 Å². The van der Waals surface area contributed by atoms with Crippen molar-refractivity contribution in [3.63, 3.8) is 0 Å². The molecule has 0 saturated carbocycles. The Bertz CT molecular complexity index is 1060. The maximum absolute atomic E-state index is 13.1. The third kappa shape index (κ3) is 5.39. The highest BCUT2D eigenvalue weighted by atomic mass is 32.2. The first-order valence-electron chi connectivity index (χ1n) is 8.84. The quantitative estimate of drug-likeness (QED) is 0.318. The van der Waals surface area contributed by atoms with Crippen molar-refractivity contribution in [2.75, 3.05) is 0 Å². The highest BCUT2D eigenvalue weighted by Gasteiger charge is 2.22.